The van der Waals surface area contributed by atoms with Gasteiger partial charge in [-0.3, -0.25) is 14.8 Å². The van der Waals surface area contributed by atoms with Gasteiger partial charge in [-0.05, 0) is 6.07 Å². The smallest absolute Gasteiger partial charge is 0.295 e. The van der Waals surface area contributed by atoms with Crippen LogP contribution in [0.4, 0.5) is 25.8 Å². The number of nitro groups is 1. The number of nitrogens with zero attached hydrogens (tertiary/aromatic N) is 3. The number of aryl methyl sites for hydroxylation is 1. The Hall–Kier alpha value is -2.51. The van der Waals surface area contributed by atoms with Crippen molar-refractivity contribution in [1.29, 1.82) is 0 Å². The topological polar surface area (TPSA) is 73.0 Å². The number of aromatic nitrogens is 2. The molecule has 1 heterocycles. The highest BCUT2D eigenvalue weighted by atomic mass is 19.2. The summed E-state index contributed by atoms with van der Waals surface area (Å²) in [4.78, 5) is 9.95. The molecule has 0 bridgehead atoms. The SMILES string of the molecule is Cn1cc(Nc2c([N+](=O)[O-])ccc(F)c2F)cn1. The van der Waals surface area contributed by atoms with Crippen LogP contribution in [0.1, 0.15) is 0 Å². The summed E-state index contributed by atoms with van der Waals surface area (Å²) in [6.07, 6.45) is 2.82. The highest BCUT2D eigenvalue weighted by molar-refractivity contribution is 5.69. The van der Waals surface area contributed by atoms with Crippen LogP contribution < -0.4 is 5.32 Å². The molecular formula is C10H8F2N4O2. The van der Waals surface area contributed by atoms with Crippen molar-refractivity contribution in [2.45, 2.75) is 0 Å². The summed E-state index contributed by atoms with van der Waals surface area (Å²) < 4.78 is 28.0. The highest BCUT2D eigenvalue weighted by Crippen LogP contribution is 2.31. The van der Waals surface area contributed by atoms with Gasteiger partial charge in [0.1, 0.15) is 0 Å². The van der Waals surface area contributed by atoms with E-state index in [1.807, 2.05) is 0 Å². The fraction of sp³-hybridized carbons (Fsp3) is 0.100. The van der Waals surface area contributed by atoms with Gasteiger partial charge < -0.3 is 5.32 Å². The Morgan fingerprint density at radius 2 is 2.17 bits per heavy atom. The van der Waals surface area contributed by atoms with E-state index < -0.39 is 27.9 Å². The number of benzene rings is 1. The first-order chi connectivity index (χ1) is 8.49. The fourth-order valence-corrected chi connectivity index (χ4v) is 1.44. The summed E-state index contributed by atoms with van der Waals surface area (Å²) >= 11 is 0. The van der Waals surface area contributed by atoms with Crippen LogP contribution in [0.3, 0.4) is 0 Å². The van der Waals surface area contributed by atoms with Gasteiger partial charge in [0, 0.05) is 19.3 Å². The number of halogens is 2. The molecule has 0 radical (unpaired) electrons. The zero-order valence-corrected chi connectivity index (χ0v) is 9.22. The van der Waals surface area contributed by atoms with Gasteiger partial charge in [-0.25, -0.2) is 8.78 Å². The molecule has 1 aromatic carbocycles. The lowest BCUT2D eigenvalue weighted by molar-refractivity contribution is -0.384. The molecule has 2 rings (SSSR count). The number of hydrogen-bond donors (Lipinski definition) is 1. The Morgan fingerprint density at radius 3 is 2.72 bits per heavy atom. The quantitative estimate of drug-likeness (QED) is 0.674. The molecule has 0 saturated heterocycles. The Kier molecular flexibility index (Phi) is 2.92. The van der Waals surface area contributed by atoms with Gasteiger partial charge in [0.05, 0.1) is 16.8 Å². The lowest BCUT2D eigenvalue weighted by Gasteiger charge is -2.06. The monoisotopic (exact) mass is 254 g/mol. The number of anilines is 2. The van der Waals surface area contributed by atoms with Crippen LogP contribution in [-0.2, 0) is 7.05 Å². The van der Waals surface area contributed by atoms with Crippen LogP contribution in [0.15, 0.2) is 24.5 Å². The van der Waals surface area contributed by atoms with Crippen LogP contribution in [0.2, 0.25) is 0 Å². The minimum absolute atomic E-state index is 0.324. The maximum atomic E-state index is 13.5. The van der Waals surface area contributed by atoms with Gasteiger partial charge in [0.25, 0.3) is 5.69 Å². The third kappa shape index (κ3) is 2.12. The Balaban J connectivity index is 2.47. The maximum absolute atomic E-state index is 13.5. The van der Waals surface area contributed by atoms with E-state index >= 15 is 0 Å². The molecule has 0 aliphatic rings. The molecule has 0 fully saturated rings. The molecular weight excluding hydrogens is 246 g/mol. The van der Waals surface area contributed by atoms with Crippen LogP contribution in [0.25, 0.3) is 0 Å². The average molecular weight is 254 g/mol. The van der Waals surface area contributed by atoms with Crippen molar-refractivity contribution in [3.8, 4) is 0 Å². The summed E-state index contributed by atoms with van der Waals surface area (Å²) in [7, 11) is 1.63. The van der Waals surface area contributed by atoms with Crippen LogP contribution in [-0.4, -0.2) is 14.7 Å². The standard InChI is InChI=1S/C10H8F2N4O2/c1-15-5-6(4-13-15)14-10-8(16(17)18)3-2-7(11)9(10)12/h2-5,14H,1H3. The normalized spacial score (nSPS) is 10.4. The van der Waals surface area contributed by atoms with Crippen LogP contribution in [0.5, 0.6) is 0 Å². The van der Waals surface area contributed by atoms with E-state index in [0.29, 0.717) is 11.8 Å². The van der Waals surface area contributed by atoms with Gasteiger partial charge in [0.2, 0.25) is 0 Å². The van der Waals surface area contributed by atoms with Crippen molar-refractivity contribution < 1.29 is 13.7 Å². The molecule has 0 amide bonds. The average Bonchev–Trinajstić information content (AvgIpc) is 2.70. The van der Waals surface area contributed by atoms with E-state index in [1.54, 1.807) is 7.05 Å². The van der Waals surface area contributed by atoms with Gasteiger partial charge in [-0.2, -0.15) is 5.10 Å². The van der Waals surface area contributed by atoms with Crippen molar-refractivity contribution in [3.63, 3.8) is 0 Å². The second kappa shape index (κ2) is 4.40. The molecule has 0 aliphatic carbocycles. The first-order valence-corrected chi connectivity index (χ1v) is 4.87. The molecule has 1 N–H and O–H groups in total. The second-order valence-electron chi connectivity index (χ2n) is 3.54. The third-order valence-corrected chi connectivity index (χ3v) is 2.24. The molecule has 0 saturated carbocycles. The van der Waals surface area contributed by atoms with E-state index in [4.69, 9.17) is 0 Å². The molecule has 8 heteroatoms. The minimum atomic E-state index is -1.30. The Labute approximate surface area is 100.0 Å². The van der Waals surface area contributed by atoms with E-state index in [9.17, 15) is 18.9 Å². The number of rotatable bonds is 3. The van der Waals surface area contributed by atoms with Gasteiger partial charge >= 0.3 is 0 Å². The van der Waals surface area contributed by atoms with Crippen LogP contribution >= 0.6 is 0 Å². The third-order valence-electron chi connectivity index (χ3n) is 2.24. The van der Waals surface area contributed by atoms with Crippen molar-refractivity contribution in [2.75, 3.05) is 5.32 Å². The van der Waals surface area contributed by atoms with Crippen molar-refractivity contribution in [2.24, 2.45) is 7.05 Å². The van der Waals surface area contributed by atoms with Crippen molar-refractivity contribution in [1.82, 2.24) is 9.78 Å². The Bertz CT molecular complexity index is 612. The van der Waals surface area contributed by atoms with Gasteiger partial charge in [-0.15, -0.1) is 0 Å². The van der Waals surface area contributed by atoms with Gasteiger partial charge in [0.15, 0.2) is 17.3 Å². The highest BCUT2D eigenvalue weighted by Gasteiger charge is 2.21. The summed E-state index contributed by atoms with van der Waals surface area (Å²) in [6.45, 7) is 0. The summed E-state index contributed by atoms with van der Waals surface area (Å²) in [5, 5.41) is 17.0. The molecule has 18 heavy (non-hydrogen) atoms. The van der Waals surface area contributed by atoms with Crippen molar-refractivity contribution >= 4 is 17.1 Å². The fourth-order valence-electron chi connectivity index (χ4n) is 1.44. The molecule has 0 atom stereocenters. The number of nitrogens with one attached hydrogen (secondary N) is 1. The Morgan fingerprint density at radius 1 is 1.44 bits per heavy atom. The summed E-state index contributed by atoms with van der Waals surface area (Å²) in [6, 6.07) is 1.61. The van der Waals surface area contributed by atoms with E-state index in [-0.39, 0.29) is 0 Å². The van der Waals surface area contributed by atoms with Crippen molar-refractivity contribution in [3.05, 3.63) is 46.3 Å². The van der Waals surface area contributed by atoms with E-state index in [0.717, 1.165) is 6.07 Å². The van der Waals surface area contributed by atoms with E-state index in [1.165, 1.54) is 17.1 Å². The zero-order chi connectivity index (χ0) is 13.3. The molecule has 6 nitrogen and oxygen atoms in total. The lowest BCUT2D eigenvalue weighted by Crippen LogP contribution is -2.01. The predicted octanol–water partition coefficient (Wildman–Crippen LogP) is 2.35. The van der Waals surface area contributed by atoms with Gasteiger partial charge in [-0.1, -0.05) is 0 Å². The summed E-state index contributed by atoms with van der Waals surface area (Å²) in [5.41, 5.74) is -0.740. The summed E-state index contributed by atoms with van der Waals surface area (Å²) in [5.74, 6) is -2.46. The molecule has 0 unspecified atom stereocenters. The maximum Gasteiger partial charge on any atom is 0.295 e. The molecule has 2 aromatic rings. The largest absolute Gasteiger partial charge is 0.345 e. The van der Waals surface area contributed by atoms with E-state index in [2.05, 4.69) is 10.4 Å². The zero-order valence-electron chi connectivity index (χ0n) is 9.22. The molecule has 1 aromatic heterocycles. The predicted molar refractivity (Wildman–Crippen MR) is 59.5 cm³/mol. The molecule has 0 aliphatic heterocycles. The number of nitro benzene ring substituents is 1. The molecule has 0 spiro atoms. The lowest BCUT2D eigenvalue weighted by atomic mass is 10.2. The second-order valence-corrected chi connectivity index (χ2v) is 3.54. The molecule has 94 valence electrons. The first kappa shape index (κ1) is 12.0. The first-order valence-electron chi connectivity index (χ1n) is 4.87. The minimum Gasteiger partial charge on any atom is -0.345 e. The van der Waals surface area contributed by atoms with Crippen LogP contribution in [0, 0.1) is 21.7 Å². The number of hydrogen-bond acceptors (Lipinski definition) is 4.